The van der Waals surface area contributed by atoms with E-state index in [-0.39, 0.29) is 5.56 Å². The number of nitrogens with one attached hydrogen (secondary N) is 2. The van der Waals surface area contributed by atoms with Gasteiger partial charge in [-0.2, -0.15) is 0 Å². The zero-order chi connectivity index (χ0) is 18.5. The van der Waals surface area contributed by atoms with Crippen LogP contribution in [-0.2, 0) is 0 Å². The van der Waals surface area contributed by atoms with Crippen molar-refractivity contribution >= 4 is 29.0 Å². The molecule has 0 radical (unpaired) electrons. The van der Waals surface area contributed by atoms with Gasteiger partial charge in [-0.15, -0.1) is 0 Å². The standard InChI is InChI=1S/C19H18N4O3/c1-12-20-17(22-14-7-5-6-13(10-14)19(24)25)11-18(21-12)23-15-8-3-4-9-16(15)26-2/h3-11H,1-2H3,(H,24,25)(H2,20,21,22,23). The summed E-state index contributed by atoms with van der Waals surface area (Å²) in [6.45, 7) is 1.78. The predicted octanol–water partition coefficient (Wildman–Crippen LogP) is 3.98. The van der Waals surface area contributed by atoms with E-state index in [2.05, 4.69) is 20.6 Å². The lowest BCUT2D eigenvalue weighted by Gasteiger charge is -2.12. The fourth-order valence-corrected chi connectivity index (χ4v) is 2.46. The molecule has 0 fully saturated rings. The number of ether oxygens (including phenoxy) is 1. The average molecular weight is 350 g/mol. The van der Waals surface area contributed by atoms with Gasteiger partial charge in [0, 0.05) is 11.8 Å². The number of aryl methyl sites for hydroxylation is 1. The minimum atomic E-state index is -0.981. The molecule has 0 bridgehead atoms. The van der Waals surface area contributed by atoms with Crippen molar-refractivity contribution in [1.82, 2.24) is 9.97 Å². The van der Waals surface area contributed by atoms with E-state index in [1.54, 1.807) is 38.3 Å². The zero-order valence-corrected chi connectivity index (χ0v) is 14.4. The Kier molecular flexibility index (Phi) is 4.98. The number of hydrogen-bond donors (Lipinski definition) is 3. The van der Waals surface area contributed by atoms with Crippen molar-refractivity contribution in [3.05, 3.63) is 66.0 Å². The van der Waals surface area contributed by atoms with Gasteiger partial charge in [-0.3, -0.25) is 0 Å². The fraction of sp³-hybridized carbons (Fsp3) is 0.105. The third kappa shape index (κ3) is 4.07. The Hall–Kier alpha value is -3.61. The summed E-state index contributed by atoms with van der Waals surface area (Å²) >= 11 is 0. The highest BCUT2D eigenvalue weighted by molar-refractivity contribution is 5.89. The van der Waals surface area contributed by atoms with Crippen molar-refractivity contribution in [2.24, 2.45) is 0 Å². The van der Waals surface area contributed by atoms with Crippen molar-refractivity contribution < 1.29 is 14.6 Å². The van der Waals surface area contributed by atoms with E-state index in [1.165, 1.54) is 6.07 Å². The Morgan fingerprint density at radius 3 is 2.46 bits per heavy atom. The Morgan fingerprint density at radius 1 is 1.00 bits per heavy atom. The third-order valence-corrected chi connectivity index (χ3v) is 3.59. The topological polar surface area (TPSA) is 96.4 Å². The summed E-state index contributed by atoms with van der Waals surface area (Å²) < 4.78 is 5.33. The summed E-state index contributed by atoms with van der Waals surface area (Å²) in [4.78, 5) is 19.8. The first kappa shape index (κ1) is 17.2. The van der Waals surface area contributed by atoms with Gasteiger partial charge in [0.15, 0.2) is 0 Å². The molecule has 26 heavy (non-hydrogen) atoms. The number of anilines is 4. The monoisotopic (exact) mass is 350 g/mol. The maximum Gasteiger partial charge on any atom is 0.335 e. The second-order valence-electron chi connectivity index (χ2n) is 5.52. The number of carboxylic acids is 1. The van der Waals surface area contributed by atoms with Gasteiger partial charge in [0.2, 0.25) is 0 Å². The van der Waals surface area contributed by atoms with Crippen LogP contribution in [0.5, 0.6) is 5.75 Å². The lowest BCUT2D eigenvalue weighted by molar-refractivity contribution is 0.0697. The Morgan fingerprint density at radius 2 is 1.73 bits per heavy atom. The van der Waals surface area contributed by atoms with E-state index >= 15 is 0 Å². The molecule has 2 aromatic carbocycles. The average Bonchev–Trinajstić information content (AvgIpc) is 2.62. The van der Waals surface area contributed by atoms with E-state index in [0.717, 1.165) is 5.69 Å². The number of methoxy groups -OCH3 is 1. The van der Waals surface area contributed by atoms with Crippen LogP contribution in [0.15, 0.2) is 54.6 Å². The largest absolute Gasteiger partial charge is 0.495 e. The van der Waals surface area contributed by atoms with E-state index in [1.807, 2.05) is 24.3 Å². The third-order valence-electron chi connectivity index (χ3n) is 3.59. The molecule has 3 rings (SSSR count). The lowest BCUT2D eigenvalue weighted by atomic mass is 10.2. The molecule has 7 heteroatoms. The molecule has 132 valence electrons. The molecule has 0 aliphatic heterocycles. The van der Waals surface area contributed by atoms with Crippen LogP contribution in [0.3, 0.4) is 0 Å². The van der Waals surface area contributed by atoms with Gasteiger partial charge in [0.1, 0.15) is 23.2 Å². The quantitative estimate of drug-likeness (QED) is 0.619. The number of nitrogens with zero attached hydrogens (tertiary/aromatic N) is 2. The van der Waals surface area contributed by atoms with Crippen molar-refractivity contribution in [3.63, 3.8) is 0 Å². The minimum absolute atomic E-state index is 0.202. The van der Waals surface area contributed by atoms with Crippen molar-refractivity contribution in [3.8, 4) is 5.75 Å². The van der Waals surface area contributed by atoms with Crippen LogP contribution < -0.4 is 15.4 Å². The normalized spacial score (nSPS) is 10.2. The first-order chi connectivity index (χ1) is 12.5. The van der Waals surface area contributed by atoms with Crippen LogP contribution in [0.25, 0.3) is 0 Å². The summed E-state index contributed by atoms with van der Waals surface area (Å²) in [6.07, 6.45) is 0. The highest BCUT2D eigenvalue weighted by Gasteiger charge is 2.08. The Bertz CT molecular complexity index is 944. The maximum atomic E-state index is 11.1. The fourth-order valence-electron chi connectivity index (χ4n) is 2.46. The van der Waals surface area contributed by atoms with Crippen LogP contribution in [-0.4, -0.2) is 28.2 Å². The molecule has 1 aromatic heterocycles. The van der Waals surface area contributed by atoms with Gasteiger partial charge in [-0.25, -0.2) is 14.8 Å². The first-order valence-corrected chi connectivity index (χ1v) is 7.91. The molecule has 1 heterocycles. The Balaban J connectivity index is 1.86. The number of hydrogen-bond acceptors (Lipinski definition) is 6. The van der Waals surface area contributed by atoms with Crippen molar-refractivity contribution in [1.29, 1.82) is 0 Å². The molecule has 0 spiro atoms. The Labute approximate surface area is 150 Å². The van der Waals surface area contributed by atoms with E-state index in [0.29, 0.717) is 28.9 Å². The number of aromatic nitrogens is 2. The number of rotatable bonds is 6. The van der Waals surface area contributed by atoms with Gasteiger partial charge < -0.3 is 20.5 Å². The van der Waals surface area contributed by atoms with Crippen molar-refractivity contribution in [2.75, 3.05) is 17.7 Å². The number of benzene rings is 2. The molecule has 3 aromatic rings. The van der Waals surface area contributed by atoms with Gasteiger partial charge in [-0.1, -0.05) is 18.2 Å². The van der Waals surface area contributed by atoms with Crippen molar-refractivity contribution in [2.45, 2.75) is 6.92 Å². The summed E-state index contributed by atoms with van der Waals surface area (Å²) in [5.74, 6) is 1.44. The molecular weight excluding hydrogens is 332 g/mol. The van der Waals surface area contributed by atoms with Gasteiger partial charge in [-0.05, 0) is 37.3 Å². The molecule has 0 atom stereocenters. The van der Waals surface area contributed by atoms with Crippen LogP contribution >= 0.6 is 0 Å². The molecule has 3 N–H and O–H groups in total. The van der Waals surface area contributed by atoms with Crippen LogP contribution in [0.2, 0.25) is 0 Å². The molecular formula is C19H18N4O3. The smallest absolute Gasteiger partial charge is 0.335 e. The van der Waals surface area contributed by atoms with E-state index < -0.39 is 5.97 Å². The summed E-state index contributed by atoms with van der Waals surface area (Å²) in [7, 11) is 1.61. The molecule has 7 nitrogen and oxygen atoms in total. The number of carboxylic acid groups (broad SMARTS) is 1. The summed E-state index contributed by atoms with van der Waals surface area (Å²) in [6, 6.07) is 15.8. The van der Waals surface area contributed by atoms with Gasteiger partial charge in [0.05, 0.1) is 18.4 Å². The second-order valence-corrected chi connectivity index (χ2v) is 5.52. The second kappa shape index (κ2) is 7.52. The van der Waals surface area contributed by atoms with Gasteiger partial charge in [0.25, 0.3) is 0 Å². The van der Waals surface area contributed by atoms with E-state index in [9.17, 15) is 4.79 Å². The molecule has 0 saturated carbocycles. The van der Waals surface area contributed by atoms with Gasteiger partial charge >= 0.3 is 5.97 Å². The molecule has 0 aliphatic rings. The zero-order valence-electron chi connectivity index (χ0n) is 14.4. The van der Waals surface area contributed by atoms with Crippen LogP contribution in [0, 0.1) is 6.92 Å². The number of para-hydroxylation sites is 2. The predicted molar refractivity (Wildman–Crippen MR) is 99.7 cm³/mol. The molecule has 0 unspecified atom stereocenters. The SMILES string of the molecule is COc1ccccc1Nc1cc(Nc2cccc(C(=O)O)c2)nc(C)n1. The number of carbonyl (C=O) groups is 1. The molecule has 0 saturated heterocycles. The summed E-state index contributed by atoms with van der Waals surface area (Å²) in [5.41, 5.74) is 1.62. The molecule has 0 amide bonds. The first-order valence-electron chi connectivity index (χ1n) is 7.91. The highest BCUT2D eigenvalue weighted by atomic mass is 16.5. The lowest BCUT2D eigenvalue weighted by Crippen LogP contribution is -2.03. The maximum absolute atomic E-state index is 11.1. The number of aromatic carboxylic acids is 1. The molecule has 0 aliphatic carbocycles. The highest BCUT2D eigenvalue weighted by Crippen LogP contribution is 2.27. The van der Waals surface area contributed by atoms with Crippen LogP contribution in [0.1, 0.15) is 16.2 Å². The van der Waals surface area contributed by atoms with E-state index in [4.69, 9.17) is 9.84 Å². The minimum Gasteiger partial charge on any atom is -0.495 e. The van der Waals surface area contributed by atoms with Crippen LogP contribution in [0.4, 0.5) is 23.0 Å². The summed E-state index contributed by atoms with van der Waals surface area (Å²) in [5, 5.41) is 15.4.